The Hall–Kier alpha value is -2.90. The van der Waals surface area contributed by atoms with Gasteiger partial charge >= 0.3 is 0 Å². The van der Waals surface area contributed by atoms with Gasteiger partial charge in [-0.3, -0.25) is 4.79 Å². The average Bonchev–Trinajstić information content (AvgIpc) is 3.21. The van der Waals surface area contributed by atoms with Crippen molar-refractivity contribution >= 4 is 11.6 Å². The molecule has 1 aromatic carbocycles. The first-order chi connectivity index (χ1) is 15.4. The van der Waals surface area contributed by atoms with Gasteiger partial charge in [0.1, 0.15) is 17.1 Å². The lowest BCUT2D eigenvalue weighted by molar-refractivity contribution is 0.0945. The molecule has 7 heteroatoms. The number of benzene rings is 1. The standard InChI is InChI=1S/C25H33N5O2/c1-18-14-21(15-19(2)24(18)32-4)20-6-7-23-27-22(17-30(23)16-20)25(31)26-8-5-9-29-12-10-28(3)11-13-29/h6-7,14-17H,5,8-13H2,1-4H3,(H,26,31). The van der Waals surface area contributed by atoms with E-state index < -0.39 is 0 Å². The van der Waals surface area contributed by atoms with Crippen LogP contribution in [0.2, 0.25) is 0 Å². The summed E-state index contributed by atoms with van der Waals surface area (Å²) in [6.45, 7) is 10.2. The molecule has 3 aromatic rings. The number of nitrogens with one attached hydrogen (secondary N) is 1. The molecule has 0 bridgehead atoms. The van der Waals surface area contributed by atoms with E-state index in [4.69, 9.17) is 4.74 Å². The van der Waals surface area contributed by atoms with Crippen LogP contribution in [0, 0.1) is 13.8 Å². The highest BCUT2D eigenvalue weighted by Crippen LogP contribution is 2.30. The molecular formula is C25H33N5O2. The number of ether oxygens (including phenoxy) is 1. The number of imidazole rings is 1. The van der Waals surface area contributed by atoms with Gasteiger partial charge in [0.25, 0.3) is 5.91 Å². The molecule has 0 spiro atoms. The third-order valence-electron chi connectivity index (χ3n) is 6.21. The van der Waals surface area contributed by atoms with Crippen molar-refractivity contribution in [3.05, 3.63) is 53.5 Å². The van der Waals surface area contributed by atoms with E-state index in [1.54, 1.807) is 13.3 Å². The minimum absolute atomic E-state index is 0.121. The molecule has 1 amide bonds. The van der Waals surface area contributed by atoms with Crippen LogP contribution in [0.1, 0.15) is 28.0 Å². The highest BCUT2D eigenvalue weighted by molar-refractivity contribution is 5.92. The summed E-state index contributed by atoms with van der Waals surface area (Å²) < 4.78 is 7.40. The number of fused-ring (bicyclic) bond motifs is 1. The topological polar surface area (TPSA) is 62.1 Å². The van der Waals surface area contributed by atoms with E-state index >= 15 is 0 Å². The largest absolute Gasteiger partial charge is 0.496 e. The summed E-state index contributed by atoms with van der Waals surface area (Å²) in [6, 6.07) is 8.24. The van der Waals surface area contributed by atoms with E-state index in [0.717, 1.165) is 72.8 Å². The summed E-state index contributed by atoms with van der Waals surface area (Å²) in [5.74, 6) is 0.800. The zero-order valence-electron chi connectivity index (χ0n) is 19.5. The number of likely N-dealkylation sites (N-methyl/N-ethyl adjacent to an activating group) is 1. The second-order valence-corrected chi connectivity index (χ2v) is 8.71. The van der Waals surface area contributed by atoms with Crippen molar-refractivity contribution in [3.63, 3.8) is 0 Å². The number of pyridine rings is 1. The van der Waals surface area contributed by atoms with Crippen LogP contribution in [0.4, 0.5) is 0 Å². The summed E-state index contributed by atoms with van der Waals surface area (Å²) in [6.07, 6.45) is 4.77. The second kappa shape index (κ2) is 9.71. The maximum Gasteiger partial charge on any atom is 0.271 e. The molecule has 0 saturated carbocycles. The summed E-state index contributed by atoms with van der Waals surface area (Å²) in [4.78, 5) is 21.9. The number of carbonyl (C=O) groups excluding carboxylic acids is 1. The molecule has 2 aromatic heterocycles. The number of rotatable bonds is 7. The van der Waals surface area contributed by atoms with Crippen molar-refractivity contribution in [2.45, 2.75) is 20.3 Å². The van der Waals surface area contributed by atoms with Crippen LogP contribution in [0.15, 0.2) is 36.7 Å². The van der Waals surface area contributed by atoms with Crippen LogP contribution in [-0.2, 0) is 0 Å². The van der Waals surface area contributed by atoms with Crippen molar-refractivity contribution < 1.29 is 9.53 Å². The van der Waals surface area contributed by atoms with E-state index in [9.17, 15) is 4.79 Å². The number of methoxy groups -OCH3 is 1. The van der Waals surface area contributed by atoms with E-state index in [2.05, 4.69) is 53.1 Å². The summed E-state index contributed by atoms with van der Waals surface area (Å²) >= 11 is 0. The summed E-state index contributed by atoms with van der Waals surface area (Å²) in [5, 5.41) is 3.02. The van der Waals surface area contributed by atoms with Gasteiger partial charge in [0.15, 0.2) is 0 Å². The number of amides is 1. The Balaban J connectivity index is 1.39. The van der Waals surface area contributed by atoms with Gasteiger partial charge in [-0.1, -0.05) is 0 Å². The lowest BCUT2D eigenvalue weighted by Crippen LogP contribution is -2.45. The molecule has 1 aliphatic rings. The highest BCUT2D eigenvalue weighted by atomic mass is 16.5. The van der Waals surface area contributed by atoms with E-state index in [-0.39, 0.29) is 5.91 Å². The van der Waals surface area contributed by atoms with Gasteiger partial charge < -0.3 is 24.3 Å². The Morgan fingerprint density at radius 3 is 2.47 bits per heavy atom. The third-order valence-corrected chi connectivity index (χ3v) is 6.21. The predicted molar refractivity (Wildman–Crippen MR) is 128 cm³/mol. The Labute approximate surface area is 190 Å². The molecule has 32 heavy (non-hydrogen) atoms. The maximum atomic E-state index is 12.6. The van der Waals surface area contributed by atoms with Gasteiger partial charge in [0.2, 0.25) is 0 Å². The molecule has 1 N–H and O–H groups in total. The van der Waals surface area contributed by atoms with Crippen LogP contribution >= 0.6 is 0 Å². The van der Waals surface area contributed by atoms with E-state index in [0.29, 0.717) is 12.2 Å². The number of aryl methyl sites for hydroxylation is 2. The lowest BCUT2D eigenvalue weighted by atomic mass is 10.0. The molecule has 7 nitrogen and oxygen atoms in total. The predicted octanol–water partition coefficient (Wildman–Crippen LogP) is 2.99. The zero-order valence-corrected chi connectivity index (χ0v) is 19.5. The maximum absolute atomic E-state index is 12.6. The smallest absolute Gasteiger partial charge is 0.271 e. The van der Waals surface area contributed by atoms with Gasteiger partial charge in [0.05, 0.1) is 7.11 Å². The first-order valence-electron chi connectivity index (χ1n) is 11.3. The fraction of sp³-hybridized carbons (Fsp3) is 0.440. The van der Waals surface area contributed by atoms with Crippen molar-refractivity contribution in [2.24, 2.45) is 0 Å². The molecule has 170 valence electrons. The van der Waals surface area contributed by atoms with Crippen molar-refractivity contribution in [1.29, 1.82) is 0 Å². The lowest BCUT2D eigenvalue weighted by Gasteiger charge is -2.32. The average molecular weight is 436 g/mol. The molecule has 0 unspecified atom stereocenters. The number of nitrogens with zero attached hydrogens (tertiary/aromatic N) is 4. The third kappa shape index (κ3) is 4.95. The Bertz CT molecular complexity index is 1080. The molecule has 1 saturated heterocycles. The quantitative estimate of drug-likeness (QED) is 0.578. The molecule has 1 aliphatic heterocycles. The van der Waals surface area contributed by atoms with Gasteiger partial charge in [-0.05, 0) is 80.4 Å². The van der Waals surface area contributed by atoms with Crippen LogP contribution in [0.3, 0.4) is 0 Å². The van der Waals surface area contributed by atoms with Gasteiger partial charge in [-0.25, -0.2) is 4.98 Å². The van der Waals surface area contributed by atoms with Crippen LogP contribution in [-0.4, -0.2) is 78.5 Å². The van der Waals surface area contributed by atoms with Crippen LogP contribution in [0.5, 0.6) is 5.75 Å². The SMILES string of the molecule is COc1c(C)cc(-c2ccc3nc(C(=O)NCCCN4CCN(C)CC4)cn3c2)cc1C. The molecule has 0 radical (unpaired) electrons. The first-order valence-corrected chi connectivity index (χ1v) is 11.3. The van der Waals surface area contributed by atoms with E-state index in [1.807, 2.05) is 22.7 Å². The fourth-order valence-corrected chi connectivity index (χ4v) is 4.38. The molecular weight excluding hydrogens is 402 g/mol. The monoisotopic (exact) mass is 435 g/mol. The number of piperazine rings is 1. The fourth-order valence-electron chi connectivity index (χ4n) is 4.38. The second-order valence-electron chi connectivity index (χ2n) is 8.71. The zero-order chi connectivity index (χ0) is 22.7. The van der Waals surface area contributed by atoms with Gasteiger partial charge in [-0.15, -0.1) is 0 Å². The molecule has 0 atom stereocenters. The normalized spacial score (nSPS) is 15.2. The Kier molecular flexibility index (Phi) is 6.77. The summed E-state index contributed by atoms with van der Waals surface area (Å²) in [5.41, 5.74) is 5.60. The van der Waals surface area contributed by atoms with Crippen molar-refractivity contribution in [2.75, 3.05) is 53.4 Å². The van der Waals surface area contributed by atoms with Crippen molar-refractivity contribution in [1.82, 2.24) is 24.5 Å². The number of carbonyl (C=O) groups is 1. The van der Waals surface area contributed by atoms with Crippen LogP contribution in [0.25, 0.3) is 16.8 Å². The minimum atomic E-state index is -0.121. The minimum Gasteiger partial charge on any atom is -0.496 e. The van der Waals surface area contributed by atoms with Crippen LogP contribution < -0.4 is 10.1 Å². The molecule has 0 aliphatic carbocycles. The van der Waals surface area contributed by atoms with Gasteiger partial charge in [-0.2, -0.15) is 0 Å². The van der Waals surface area contributed by atoms with Crippen molar-refractivity contribution in [3.8, 4) is 16.9 Å². The summed E-state index contributed by atoms with van der Waals surface area (Å²) in [7, 11) is 3.86. The Morgan fingerprint density at radius 1 is 1.06 bits per heavy atom. The molecule has 3 heterocycles. The Morgan fingerprint density at radius 2 is 1.78 bits per heavy atom. The molecule has 1 fully saturated rings. The van der Waals surface area contributed by atoms with E-state index in [1.165, 1.54) is 0 Å². The van der Waals surface area contributed by atoms with Gasteiger partial charge in [0, 0.05) is 45.1 Å². The number of hydrogen-bond acceptors (Lipinski definition) is 5. The molecule has 4 rings (SSSR count). The highest BCUT2D eigenvalue weighted by Gasteiger charge is 2.14. The number of aromatic nitrogens is 2. The first kappa shape index (κ1) is 22.3. The number of hydrogen-bond donors (Lipinski definition) is 1.